The number of carbonyl (C=O) groups excluding carboxylic acids is 1. The summed E-state index contributed by atoms with van der Waals surface area (Å²) in [6, 6.07) is 13.0. The van der Waals surface area contributed by atoms with Crippen LogP contribution in [0.4, 0.5) is 0 Å². The topological polar surface area (TPSA) is 90.9 Å². The van der Waals surface area contributed by atoms with Gasteiger partial charge in [0.05, 0.1) is 23.2 Å². The lowest BCUT2D eigenvalue weighted by atomic mass is 10.2. The first-order valence-electron chi connectivity index (χ1n) is 9.59. The van der Waals surface area contributed by atoms with Gasteiger partial charge >= 0.3 is 5.97 Å². The minimum Gasteiger partial charge on any atom is -0.493 e. The molecule has 0 spiro atoms. The summed E-state index contributed by atoms with van der Waals surface area (Å²) in [5.41, 5.74) is 1.04. The van der Waals surface area contributed by atoms with Crippen LogP contribution < -0.4 is 9.46 Å². The summed E-state index contributed by atoms with van der Waals surface area (Å²) in [5.74, 6) is 0.133. The summed E-state index contributed by atoms with van der Waals surface area (Å²) in [6.07, 6.45) is 1.71. The lowest BCUT2D eigenvalue weighted by Gasteiger charge is -2.12. The van der Waals surface area contributed by atoms with Crippen molar-refractivity contribution in [3.63, 3.8) is 0 Å². The summed E-state index contributed by atoms with van der Waals surface area (Å²) in [5, 5.41) is 0. The van der Waals surface area contributed by atoms with Crippen LogP contribution in [0.25, 0.3) is 0 Å². The molecule has 0 amide bonds. The number of nitrogens with one attached hydrogen (secondary N) is 1. The Bertz CT molecular complexity index is 920. The third kappa shape index (κ3) is 5.79. The van der Waals surface area contributed by atoms with E-state index in [4.69, 9.17) is 14.2 Å². The van der Waals surface area contributed by atoms with Gasteiger partial charge in [-0.05, 0) is 50.1 Å². The number of sulfonamides is 1. The zero-order valence-corrected chi connectivity index (χ0v) is 17.1. The van der Waals surface area contributed by atoms with E-state index in [1.54, 1.807) is 0 Å². The summed E-state index contributed by atoms with van der Waals surface area (Å²) < 4.78 is 43.6. The second kappa shape index (κ2) is 9.87. The Hall–Kier alpha value is -2.42. The monoisotopic (exact) mass is 419 g/mol. The Morgan fingerprint density at radius 1 is 1.17 bits per heavy atom. The lowest BCUT2D eigenvalue weighted by Crippen LogP contribution is -2.31. The van der Waals surface area contributed by atoms with Crippen LogP contribution >= 0.6 is 0 Å². The minimum absolute atomic E-state index is 0.0675. The van der Waals surface area contributed by atoms with Crippen LogP contribution in [0.15, 0.2) is 53.4 Å². The van der Waals surface area contributed by atoms with Gasteiger partial charge in [-0.1, -0.05) is 18.2 Å². The quantitative estimate of drug-likeness (QED) is 0.629. The maximum atomic E-state index is 12.4. The fourth-order valence-electron chi connectivity index (χ4n) is 3.01. The molecule has 8 heteroatoms. The Balaban J connectivity index is 1.58. The molecule has 156 valence electrons. The smallest absolute Gasteiger partial charge is 0.338 e. The molecule has 1 heterocycles. The van der Waals surface area contributed by atoms with Crippen LogP contribution in [0, 0.1) is 0 Å². The number of ether oxygens (including phenoxy) is 3. The van der Waals surface area contributed by atoms with Gasteiger partial charge in [-0.2, -0.15) is 0 Å². The number of carbonyl (C=O) groups is 1. The molecule has 2 aromatic rings. The Labute approximate surface area is 171 Å². The molecule has 1 saturated heterocycles. The molecule has 0 bridgehead atoms. The average Bonchev–Trinajstić information content (AvgIpc) is 3.26. The van der Waals surface area contributed by atoms with E-state index in [-0.39, 0.29) is 29.7 Å². The highest BCUT2D eigenvalue weighted by Crippen LogP contribution is 2.20. The van der Waals surface area contributed by atoms with Crippen LogP contribution in [0.2, 0.25) is 0 Å². The van der Waals surface area contributed by atoms with Crippen LogP contribution in [0.5, 0.6) is 5.75 Å². The van der Waals surface area contributed by atoms with E-state index < -0.39 is 16.0 Å². The minimum atomic E-state index is -3.66. The second-order valence-electron chi connectivity index (χ2n) is 6.63. The SMILES string of the molecule is CCOc1ccccc1COC(=O)c1ccc(S(=O)(=O)NCC2CCCO2)cc1. The normalized spacial score (nSPS) is 16.5. The highest BCUT2D eigenvalue weighted by atomic mass is 32.2. The zero-order valence-electron chi connectivity index (χ0n) is 16.3. The van der Waals surface area contributed by atoms with Gasteiger partial charge in [-0.3, -0.25) is 0 Å². The van der Waals surface area contributed by atoms with Crippen molar-refractivity contribution in [3.8, 4) is 5.75 Å². The maximum Gasteiger partial charge on any atom is 0.338 e. The number of para-hydroxylation sites is 1. The van der Waals surface area contributed by atoms with Gasteiger partial charge in [-0.15, -0.1) is 0 Å². The molecule has 1 N–H and O–H groups in total. The van der Waals surface area contributed by atoms with Gasteiger partial charge in [-0.25, -0.2) is 17.9 Å². The van der Waals surface area contributed by atoms with E-state index in [0.717, 1.165) is 18.4 Å². The Kier molecular flexibility index (Phi) is 7.24. The highest BCUT2D eigenvalue weighted by Gasteiger charge is 2.20. The van der Waals surface area contributed by atoms with Crippen molar-refractivity contribution in [2.24, 2.45) is 0 Å². The molecule has 29 heavy (non-hydrogen) atoms. The first-order valence-corrected chi connectivity index (χ1v) is 11.1. The van der Waals surface area contributed by atoms with Crippen molar-refractivity contribution in [1.29, 1.82) is 0 Å². The Morgan fingerprint density at radius 3 is 2.62 bits per heavy atom. The van der Waals surface area contributed by atoms with Gasteiger partial charge in [0.1, 0.15) is 12.4 Å². The van der Waals surface area contributed by atoms with Crippen LogP contribution in [0.1, 0.15) is 35.7 Å². The summed E-state index contributed by atoms with van der Waals surface area (Å²) in [6.45, 7) is 3.37. The van der Waals surface area contributed by atoms with E-state index in [9.17, 15) is 13.2 Å². The van der Waals surface area contributed by atoms with Crippen molar-refractivity contribution < 1.29 is 27.4 Å². The summed E-state index contributed by atoms with van der Waals surface area (Å²) in [7, 11) is -3.66. The molecule has 2 aromatic carbocycles. The van der Waals surface area contributed by atoms with E-state index in [1.807, 2.05) is 31.2 Å². The maximum absolute atomic E-state index is 12.4. The van der Waals surface area contributed by atoms with Gasteiger partial charge in [0, 0.05) is 18.7 Å². The van der Waals surface area contributed by atoms with Crippen molar-refractivity contribution in [2.45, 2.75) is 37.4 Å². The fourth-order valence-corrected chi connectivity index (χ4v) is 4.07. The molecule has 1 aliphatic heterocycles. The first-order chi connectivity index (χ1) is 14.0. The molecular formula is C21H25NO6S. The molecule has 1 atom stereocenters. The van der Waals surface area contributed by atoms with E-state index in [1.165, 1.54) is 24.3 Å². The molecule has 1 aliphatic rings. The molecule has 0 aromatic heterocycles. The number of rotatable bonds is 9. The van der Waals surface area contributed by atoms with Crippen LogP contribution in [-0.4, -0.2) is 40.2 Å². The van der Waals surface area contributed by atoms with E-state index in [0.29, 0.717) is 19.0 Å². The van der Waals surface area contributed by atoms with Crippen LogP contribution in [-0.2, 0) is 26.1 Å². The predicted octanol–water partition coefficient (Wildman–Crippen LogP) is 2.90. The molecule has 3 rings (SSSR count). The number of hydrogen-bond acceptors (Lipinski definition) is 6. The standard InChI is InChI=1S/C21H25NO6S/c1-2-26-20-8-4-3-6-17(20)15-28-21(23)16-9-11-19(12-10-16)29(24,25)22-14-18-7-5-13-27-18/h3-4,6,8-12,18,22H,2,5,7,13-15H2,1H3. The van der Waals surface area contributed by atoms with Gasteiger partial charge in [0.15, 0.2) is 0 Å². The van der Waals surface area contributed by atoms with Gasteiger partial charge in [0.2, 0.25) is 10.0 Å². The van der Waals surface area contributed by atoms with E-state index >= 15 is 0 Å². The fraction of sp³-hybridized carbons (Fsp3) is 0.381. The van der Waals surface area contributed by atoms with Crippen molar-refractivity contribution >= 4 is 16.0 Å². The third-order valence-corrected chi connectivity index (χ3v) is 6.00. The summed E-state index contributed by atoms with van der Waals surface area (Å²) >= 11 is 0. The molecule has 1 unspecified atom stereocenters. The zero-order chi connectivity index (χ0) is 20.7. The van der Waals surface area contributed by atoms with E-state index in [2.05, 4.69) is 4.72 Å². The number of esters is 1. The molecular weight excluding hydrogens is 394 g/mol. The average molecular weight is 419 g/mol. The number of hydrogen-bond donors (Lipinski definition) is 1. The second-order valence-corrected chi connectivity index (χ2v) is 8.40. The molecule has 0 aliphatic carbocycles. The third-order valence-electron chi connectivity index (χ3n) is 4.56. The van der Waals surface area contributed by atoms with Gasteiger partial charge < -0.3 is 14.2 Å². The molecule has 0 radical (unpaired) electrons. The molecule has 7 nitrogen and oxygen atoms in total. The molecule has 1 fully saturated rings. The van der Waals surface area contributed by atoms with Crippen molar-refractivity contribution in [2.75, 3.05) is 19.8 Å². The van der Waals surface area contributed by atoms with Crippen molar-refractivity contribution in [1.82, 2.24) is 4.72 Å². The first kappa shape index (κ1) is 21.3. The lowest BCUT2D eigenvalue weighted by molar-refractivity contribution is 0.0469. The molecule has 0 saturated carbocycles. The van der Waals surface area contributed by atoms with Crippen molar-refractivity contribution in [3.05, 3.63) is 59.7 Å². The largest absolute Gasteiger partial charge is 0.493 e. The summed E-state index contributed by atoms with van der Waals surface area (Å²) in [4.78, 5) is 12.4. The predicted molar refractivity (Wildman–Crippen MR) is 107 cm³/mol. The highest BCUT2D eigenvalue weighted by molar-refractivity contribution is 7.89. The van der Waals surface area contributed by atoms with Gasteiger partial charge in [0.25, 0.3) is 0 Å². The number of benzene rings is 2. The van der Waals surface area contributed by atoms with Crippen LogP contribution in [0.3, 0.4) is 0 Å². The Morgan fingerprint density at radius 2 is 1.93 bits per heavy atom.